The minimum Gasteiger partial charge on any atom is -0.480 e. The summed E-state index contributed by atoms with van der Waals surface area (Å²) in [6.07, 6.45) is 6.20. The largest absolute Gasteiger partial charge is 0.480 e. The highest BCUT2D eigenvalue weighted by Crippen LogP contribution is 2.40. The predicted octanol–water partition coefficient (Wildman–Crippen LogP) is 4.14. The molecule has 0 saturated carbocycles. The Morgan fingerprint density at radius 3 is 2.62 bits per heavy atom. The fraction of sp³-hybridized carbons (Fsp3) is 0.367. The molecule has 1 aliphatic carbocycles. The van der Waals surface area contributed by atoms with Gasteiger partial charge >= 0.3 is 0 Å². The van der Waals surface area contributed by atoms with Crippen molar-refractivity contribution in [2.75, 3.05) is 23.9 Å². The van der Waals surface area contributed by atoms with Gasteiger partial charge in [0, 0.05) is 55.4 Å². The van der Waals surface area contributed by atoms with E-state index in [0.717, 1.165) is 41.8 Å². The lowest BCUT2D eigenvalue weighted by Crippen LogP contribution is -2.41. The average molecular weight is 540 g/mol. The Kier molecular flexibility index (Phi) is 6.20. The van der Waals surface area contributed by atoms with E-state index in [1.807, 2.05) is 17.0 Å². The summed E-state index contributed by atoms with van der Waals surface area (Å²) in [4.78, 5) is 33.3. The second-order valence-corrected chi connectivity index (χ2v) is 11.3. The number of pyridine rings is 2. The van der Waals surface area contributed by atoms with Crippen LogP contribution < -0.4 is 20.5 Å². The Morgan fingerprint density at radius 1 is 1.07 bits per heavy atom. The Labute approximate surface area is 232 Å². The van der Waals surface area contributed by atoms with Crippen LogP contribution in [0.1, 0.15) is 48.1 Å². The van der Waals surface area contributed by atoms with E-state index in [1.54, 1.807) is 31.6 Å². The van der Waals surface area contributed by atoms with Gasteiger partial charge in [0.15, 0.2) is 5.82 Å². The summed E-state index contributed by atoms with van der Waals surface area (Å²) in [6.45, 7) is 7.94. The van der Waals surface area contributed by atoms with Gasteiger partial charge in [-0.2, -0.15) is 0 Å². The van der Waals surface area contributed by atoms with Crippen molar-refractivity contribution in [2.45, 2.75) is 46.6 Å². The van der Waals surface area contributed by atoms with Crippen LogP contribution in [0, 0.1) is 5.41 Å². The Balaban J connectivity index is 1.36. The molecule has 4 aromatic rings. The number of hydrogen-bond acceptors (Lipinski definition) is 7. The number of hydrogen-bond donors (Lipinski definition) is 1. The average Bonchev–Trinajstić information content (AvgIpc) is 3.43. The van der Waals surface area contributed by atoms with Gasteiger partial charge in [-0.05, 0) is 60.1 Å². The van der Waals surface area contributed by atoms with Gasteiger partial charge in [-0.1, -0.05) is 20.8 Å². The number of aromatic nitrogens is 5. The Morgan fingerprint density at radius 2 is 1.90 bits per heavy atom. The zero-order valence-electron chi connectivity index (χ0n) is 23.5. The summed E-state index contributed by atoms with van der Waals surface area (Å²) in [5.74, 6) is 1.47. The third-order valence-corrected chi connectivity index (χ3v) is 7.87. The van der Waals surface area contributed by atoms with Gasteiger partial charge in [-0.15, -0.1) is 10.2 Å². The lowest BCUT2D eigenvalue weighted by Gasteiger charge is -2.31. The van der Waals surface area contributed by atoms with Gasteiger partial charge in [-0.3, -0.25) is 14.5 Å². The molecule has 0 unspecified atom stereocenters. The first-order valence-electron chi connectivity index (χ1n) is 13.6. The predicted molar refractivity (Wildman–Crippen MR) is 153 cm³/mol. The van der Waals surface area contributed by atoms with Crippen LogP contribution in [0.3, 0.4) is 0 Å². The minimum atomic E-state index is -0.197. The van der Waals surface area contributed by atoms with Crippen LogP contribution in [0.2, 0.25) is 0 Å². The number of rotatable bonds is 6. The van der Waals surface area contributed by atoms with E-state index >= 15 is 0 Å². The minimum absolute atomic E-state index is 0.0151. The molecule has 0 spiro atoms. The Bertz CT molecular complexity index is 1680. The highest BCUT2D eigenvalue weighted by molar-refractivity contribution is 6.06. The van der Waals surface area contributed by atoms with Gasteiger partial charge in [0.1, 0.15) is 17.2 Å². The fourth-order valence-corrected chi connectivity index (χ4v) is 6.03. The van der Waals surface area contributed by atoms with E-state index in [4.69, 9.17) is 9.72 Å². The number of fused-ring (bicyclic) bond motifs is 3. The van der Waals surface area contributed by atoms with Crippen molar-refractivity contribution in [3.63, 3.8) is 0 Å². The molecule has 5 heterocycles. The molecule has 0 aromatic carbocycles. The standard InChI is InChI=1S/C30H33N7O3/c1-6-20-21(19-13-22(28(38)35(4)17-19)32-25-7-8-26(40-5)34-33-25)9-10-31-27(20)37-12-11-36-23(29(37)39)14-18-15-30(2,3)16-24(18)36/h7-10,13-14,17H,6,11-12,15-16H2,1-5H3,(H,32,33). The number of nitrogens with one attached hydrogen (secondary N) is 1. The second-order valence-electron chi connectivity index (χ2n) is 11.3. The first-order valence-corrected chi connectivity index (χ1v) is 13.6. The van der Waals surface area contributed by atoms with Crippen LogP contribution >= 0.6 is 0 Å². The van der Waals surface area contributed by atoms with Crippen LogP contribution in [-0.2, 0) is 32.9 Å². The second kappa shape index (κ2) is 9.62. The molecule has 1 N–H and O–H groups in total. The number of anilines is 3. The molecule has 0 radical (unpaired) electrons. The maximum absolute atomic E-state index is 13.8. The SMILES string of the molecule is CCc1c(-c2cc(Nc3ccc(OC)nn3)c(=O)n(C)c2)ccnc1N1CCn2c(cc3c2CC(C)(C)C3)C1=O. The van der Waals surface area contributed by atoms with E-state index < -0.39 is 0 Å². The number of nitrogens with zero attached hydrogens (tertiary/aromatic N) is 6. The first-order chi connectivity index (χ1) is 19.2. The summed E-state index contributed by atoms with van der Waals surface area (Å²) < 4.78 is 8.83. The first kappa shape index (κ1) is 25.8. The third-order valence-electron chi connectivity index (χ3n) is 7.87. The van der Waals surface area contributed by atoms with Crippen LogP contribution in [0.4, 0.5) is 17.3 Å². The molecule has 40 heavy (non-hydrogen) atoms. The summed E-state index contributed by atoms with van der Waals surface area (Å²) >= 11 is 0. The van der Waals surface area contributed by atoms with Crippen molar-refractivity contribution in [1.82, 2.24) is 24.3 Å². The highest BCUT2D eigenvalue weighted by Gasteiger charge is 2.37. The smallest absolute Gasteiger partial charge is 0.276 e. The molecule has 1 amide bonds. The highest BCUT2D eigenvalue weighted by atomic mass is 16.5. The van der Waals surface area contributed by atoms with Gasteiger partial charge in [0.25, 0.3) is 11.5 Å². The lowest BCUT2D eigenvalue weighted by atomic mass is 9.90. The third kappa shape index (κ3) is 4.33. The Hall–Kier alpha value is -4.47. The molecule has 0 atom stereocenters. The number of aryl methyl sites for hydroxylation is 1. The van der Waals surface area contributed by atoms with Crippen molar-refractivity contribution in [3.8, 4) is 17.0 Å². The van der Waals surface area contributed by atoms with Crippen molar-refractivity contribution in [3.05, 3.63) is 75.6 Å². The van der Waals surface area contributed by atoms with Crippen molar-refractivity contribution < 1.29 is 9.53 Å². The zero-order chi connectivity index (χ0) is 28.2. The topological polar surface area (TPSA) is 107 Å². The van der Waals surface area contributed by atoms with Crippen molar-refractivity contribution >= 4 is 23.2 Å². The van der Waals surface area contributed by atoms with Gasteiger partial charge in [0.2, 0.25) is 5.88 Å². The van der Waals surface area contributed by atoms with Crippen LogP contribution in [0.25, 0.3) is 11.1 Å². The summed E-state index contributed by atoms with van der Waals surface area (Å²) in [6, 6.07) is 9.21. The van der Waals surface area contributed by atoms with E-state index in [0.29, 0.717) is 36.2 Å². The van der Waals surface area contributed by atoms with E-state index in [-0.39, 0.29) is 16.9 Å². The van der Waals surface area contributed by atoms with Crippen LogP contribution in [-0.4, -0.2) is 43.9 Å². The molecule has 2 aliphatic rings. The van der Waals surface area contributed by atoms with Crippen LogP contribution in [0.15, 0.2) is 47.5 Å². The maximum Gasteiger partial charge on any atom is 0.276 e. The molecule has 0 fully saturated rings. The monoisotopic (exact) mass is 539 g/mol. The summed E-state index contributed by atoms with van der Waals surface area (Å²) in [5, 5.41) is 11.1. The zero-order valence-corrected chi connectivity index (χ0v) is 23.5. The molecule has 10 heteroatoms. The molecule has 206 valence electrons. The lowest BCUT2D eigenvalue weighted by molar-refractivity contribution is 0.0963. The molecule has 10 nitrogen and oxygen atoms in total. The molecule has 0 saturated heterocycles. The molecular formula is C30H33N7O3. The van der Waals surface area contributed by atoms with Gasteiger partial charge in [0.05, 0.1) is 7.11 Å². The fourth-order valence-electron chi connectivity index (χ4n) is 6.03. The van der Waals surface area contributed by atoms with E-state index in [2.05, 4.69) is 46.9 Å². The summed E-state index contributed by atoms with van der Waals surface area (Å²) in [5.41, 5.74) is 6.46. The van der Waals surface area contributed by atoms with E-state index in [1.165, 1.54) is 22.9 Å². The summed E-state index contributed by atoms with van der Waals surface area (Å²) in [7, 11) is 3.24. The molecule has 1 aliphatic heterocycles. The normalized spacial score (nSPS) is 15.6. The molecule has 4 aromatic heterocycles. The van der Waals surface area contributed by atoms with Gasteiger partial charge < -0.3 is 19.2 Å². The number of carbonyl (C=O) groups excluding carboxylic acids is 1. The van der Waals surface area contributed by atoms with Gasteiger partial charge in [-0.25, -0.2) is 4.98 Å². The number of amides is 1. The molecule has 6 rings (SSSR count). The van der Waals surface area contributed by atoms with E-state index in [9.17, 15) is 9.59 Å². The number of methoxy groups -OCH3 is 1. The molecular weight excluding hydrogens is 506 g/mol. The quantitative estimate of drug-likeness (QED) is 0.392. The van der Waals surface area contributed by atoms with Crippen molar-refractivity contribution in [2.24, 2.45) is 12.5 Å². The van der Waals surface area contributed by atoms with Crippen LogP contribution in [0.5, 0.6) is 5.88 Å². The maximum atomic E-state index is 13.8. The van der Waals surface area contributed by atoms with Crippen molar-refractivity contribution in [1.29, 1.82) is 0 Å². The molecule has 0 bridgehead atoms. The number of carbonyl (C=O) groups is 1. The number of ether oxygens (including phenoxy) is 1.